The van der Waals surface area contributed by atoms with Gasteiger partial charge in [0.1, 0.15) is 11.3 Å². The van der Waals surface area contributed by atoms with Crippen molar-refractivity contribution in [2.75, 3.05) is 19.1 Å². The van der Waals surface area contributed by atoms with Crippen molar-refractivity contribution in [2.24, 2.45) is 0 Å². The molecule has 0 saturated heterocycles. The number of fused-ring (bicyclic) bond motifs is 1. The summed E-state index contributed by atoms with van der Waals surface area (Å²) in [6, 6.07) is 8.89. The van der Waals surface area contributed by atoms with Gasteiger partial charge in [-0.2, -0.15) is 0 Å². The molecule has 8 heteroatoms. The fourth-order valence-electron chi connectivity index (χ4n) is 3.09. The maximum absolute atomic E-state index is 12.1. The number of halogens is 1. The Bertz CT molecular complexity index is 1080. The number of benzene rings is 1. The van der Waals surface area contributed by atoms with E-state index in [0.29, 0.717) is 29.2 Å². The molecule has 0 atom stereocenters. The van der Waals surface area contributed by atoms with Crippen molar-refractivity contribution in [3.05, 3.63) is 52.4 Å². The minimum Gasteiger partial charge on any atom is -0.464 e. The third-order valence-corrected chi connectivity index (χ3v) is 5.12. The Hall–Kier alpha value is -2.93. The topological polar surface area (TPSA) is 77.3 Å². The molecule has 152 valence electrons. The van der Waals surface area contributed by atoms with Crippen LogP contribution in [0.5, 0.6) is 0 Å². The lowest BCUT2D eigenvalue weighted by Gasteiger charge is -2.18. The molecule has 0 spiro atoms. The summed E-state index contributed by atoms with van der Waals surface area (Å²) >= 11 is 6.51. The number of pyridine rings is 1. The van der Waals surface area contributed by atoms with Crippen LogP contribution < -0.4 is 4.90 Å². The van der Waals surface area contributed by atoms with Gasteiger partial charge in [0.15, 0.2) is 11.3 Å². The standard InChI is InChI=1S/C21H23ClN4O3/c1-5-6-19(27)25(3)15-8-7-14(16(22)11-15)12-26-13(2)23-17-9-10-18(21(28)29-4)24-20(17)26/h7-11H,5-6,12H2,1-4H3. The van der Waals surface area contributed by atoms with Crippen molar-refractivity contribution in [1.29, 1.82) is 0 Å². The van der Waals surface area contributed by atoms with Crippen molar-refractivity contribution in [2.45, 2.75) is 33.2 Å². The zero-order valence-electron chi connectivity index (χ0n) is 16.9. The molecule has 1 amide bonds. The van der Waals surface area contributed by atoms with Gasteiger partial charge in [-0.3, -0.25) is 4.79 Å². The Kier molecular flexibility index (Phi) is 6.17. The maximum Gasteiger partial charge on any atom is 0.356 e. The van der Waals surface area contributed by atoms with Crippen LogP contribution in [0.25, 0.3) is 11.2 Å². The van der Waals surface area contributed by atoms with Crippen molar-refractivity contribution >= 4 is 40.3 Å². The van der Waals surface area contributed by atoms with Gasteiger partial charge in [0.25, 0.3) is 0 Å². The van der Waals surface area contributed by atoms with Gasteiger partial charge in [0.05, 0.1) is 13.7 Å². The number of methoxy groups -OCH3 is 1. The fourth-order valence-corrected chi connectivity index (χ4v) is 3.33. The normalized spacial score (nSPS) is 10.9. The molecular formula is C21H23ClN4O3. The average molecular weight is 415 g/mol. The Morgan fingerprint density at radius 3 is 2.62 bits per heavy atom. The van der Waals surface area contributed by atoms with Crippen LogP contribution in [-0.2, 0) is 16.1 Å². The molecule has 2 heterocycles. The highest BCUT2D eigenvalue weighted by molar-refractivity contribution is 6.31. The first-order chi connectivity index (χ1) is 13.8. The number of hydrogen-bond acceptors (Lipinski definition) is 5. The van der Waals surface area contributed by atoms with Crippen molar-refractivity contribution in [3.63, 3.8) is 0 Å². The molecule has 2 aromatic heterocycles. The van der Waals surface area contributed by atoms with E-state index >= 15 is 0 Å². The van der Waals surface area contributed by atoms with Gasteiger partial charge in [-0.15, -0.1) is 0 Å². The number of anilines is 1. The molecule has 0 saturated carbocycles. The number of ether oxygens (including phenoxy) is 1. The molecule has 0 aliphatic heterocycles. The van der Waals surface area contributed by atoms with Gasteiger partial charge in [0, 0.05) is 24.2 Å². The van der Waals surface area contributed by atoms with Crippen molar-refractivity contribution in [3.8, 4) is 0 Å². The smallest absolute Gasteiger partial charge is 0.356 e. The summed E-state index contributed by atoms with van der Waals surface area (Å²) in [5, 5.41) is 0.545. The van der Waals surface area contributed by atoms with E-state index < -0.39 is 5.97 Å². The number of carbonyl (C=O) groups excluding carboxylic acids is 2. The van der Waals surface area contributed by atoms with Crippen molar-refractivity contribution in [1.82, 2.24) is 14.5 Å². The second-order valence-corrected chi connectivity index (χ2v) is 7.16. The minimum atomic E-state index is -0.500. The highest BCUT2D eigenvalue weighted by atomic mass is 35.5. The van der Waals surface area contributed by atoms with Gasteiger partial charge in [0.2, 0.25) is 5.91 Å². The predicted molar refractivity (Wildman–Crippen MR) is 112 cm³/mol. The molecule has 0 fully saturated rings. The molecule has 29 heavy (non-hydrogen) atoms. The number of amides is 1. The fraction of sp³-hybridized carbons (Fsp3) is 0.333. The number of aryl methyl sites for hydroxylation is 1. The number of nitrogens with zero attached hydrogens (tertiary/aromatic N) is 4. The van der Waals surface area contributed by atoms with Crippen LogP contribution in [0.15, 0.2) is 30.3 Å². The number of hydrogen-bond donors (Lipinski definition) is 0. The lowest BCUT2D eigenvalue weighted by Crippen LogP contribution is -2.25. The van der Waals surface area contributed by atoms with Crippen LogP contribution >= 0.6 is 11.6 Å². The van der Waals surface area contributed by atoms with E-state index in [2.05, 4.69) is 9.97 Å². The summed E-state index contributed by atoms with van der Waals surface area (Å²) in [6.07, 6.45) is 1.28. The first-order valence-electron chi connectivity index (χ1n) is 9.32. The summed E-state index contributed by atoms with van der Waals surface area (Å²) in [5.74, 6) is 0.302. The molecule has 0 radical (unpaired) electrons. The van der Waals surface area contributed by atoms with Crippen LogP contribution in [0.4, 0.5) is 5.69 Å². The number of aromatic nitrogens is 3. The van der Waals surface area contributed by atoms with Crippen LogP contribution in [0.2, 0.25) is 5.02 Å². The summed E-state index contributed by atoms with van der Waals surface area (Å²) in [4.78, 5) is 34.5. The van der Waals surface area contributed by atoms with E-state index in [0.717, 1.165) is 23.5 Å². The van der Waals surface area contributed by atoms with Crippen LogP contribution in [0.3, 0.4) is 0 Å². The molecule has 7 nitrogen and oxygen atoms in total. The zero-order valence-corrected chi connectivity index (χ0v) is 17.7. The first-order valence-corrected chi connectivity index (χ1v) is 9.70. The second kappa shape index (κ2) is 8.61. The Morgan fingerprint density at radius 1 is 1.21 bits per heavy atom. The SMILES string of the molecule is CCCC(=O)N(C)c1ccc(Cn2c(C)nc3ccc(C(=O)OC)nc32)c(Cl)c1. The molecule has 0 N–H and O–H groups in total. The average Bonchev–Trinajstić information content (AvgIpc) is 3.02. The Morgan fingerprint density at radius 2 is 1.97 bits per heavy atom. The van der Waals surface area contributed by atoms with E-state index in [4.69, 9.17) is 16.3 Å². The highest BCUT2D eigenvalue weighted by Gasteiger charge is 2.16. The molecular weight excluding hydrogens is 392 g/mol. The predicted octanol–water partition coefficient (Wildman–Crippen LogP) is 3.99. The third kappa shape index (κ3) is 4.24. The zero-order chi connectivity index (χ0) is 21.1. The summed E-state index contributed by atoms with van der Waals surface area (Å²) in [5.41, 5.74) is 3.10. The molecule has 0 unspecified atom stereocenters. The first kappa shape index (κ1) is 20.8. The van der Waals surface area contributed by atoms with Crippen LogP contribution in [0, 0.1) is 6.92 Å². The van der Waals surface area contributed by atoms with Gasteiger partial charge >= 0.3 is 5.97 Å². The monoisotopic (exact) mass is 414 g/mol. The van der Waals surface area contributed by atoms with Gasteiger partial charge < -0.3 is 14.2 Å². The largest absolute Gasteiger partial charge is 0.464 e. The second-order valence-electron chi connectivity index (χ2n) is 6.75. The van der Waals surface area contributed by atoms with Gasteiger partial charge in [-0.05, 0) is 43.2 Å². The van der Waals surface area contributed by atoms with E-state index in [9.17, 15) is 9.59 Å². The van der Waals surface area contributed by atoms with Crippen LogP contribution in [-0.4, -0.2) is 40.6 Å². The summed E-state index contributed by atoms with van der Waals surface area (Å²) < 4.78 is 6.65. The molecule has 1 aromatic carbocycles. The number of esters is 1. The van der Waals surface area contributed by atoms with Crippen LogP contribution in [0.1, 0.15) is 41.6 Å². The lowest BCUT2D eigenvalue weighted by molar-refractivity contribution is -0.118. The number of rotatable bonds is 6. The lowest BCUT2D eigenvalue weighted by atomic mass is 10.1. The number of imidazole rings is 1. The minimum absolute atomic E-state index is 0.0484. The molecule has 0 bridgehead atoms. The van der Waals surface area contributed by atoms with Gasteiger partial charge in [-0.25, -0.2) is 14.8 Å². The molecule has 0 aliphatic rings. The molecule has 3 rings (SSSR count). The maximum atomic E-state index is 12.1. The van der Waals surface area contributed by atoms with Crippen molar-refractivity contribution < 1.29 is 14.3 Å². The van der Waals surface area contributed by atoms with Gasteiger partial charge in [-0.1, -0.05) is 24.6 Å². The quantitative estimate of drug-likeness (QED) is 0.570. The molecule has 0 aliphatic carbocycles. The van der Waals surface area contributed by atoms with E-state index in [1.807, 2.05) is 30.5 Å². The highest BCUT2D eigenvalue weighted by Crippen LogP contribution is 2.26. The molecule has 3 aromatic rings. The van der Waals surface area contributed by atoms with E-state index in [1.165, 1.54) is 7.11 Å². The Balaban J connectivity index is 1.93. The third-order valence-electron chi connectivity index (χ3n) is 4.77. The number of carbonyl (C=O) groups is 2. The van der Waals surface area contributed by atoms with E-state index in [-0.39, 0.29) is 11.6 Å². The summed E-state index contributed by atoms with van der Waals surface area (Å²) in [6.45, 7) is 4.28. The summed E-state index contributed by atoms with van der Waals surface area (Å²) in [7, 11) is 3.06. The van der Waals surface area contributed by atoms with E-state index in [1.54, 1.807) is 30.1 Å². The Labute approximate surface area is 174 Å².